The van der Waals surface area contributed by atoms with Gasteiger partial charge in [-0.15, -0.1) is 0 Å². The molecule has 0 aromatic carbocycles. The summed E-state index contributed by atoms with van der Waals surface area (Å²) in [5.74, 6) is -1.36. The Bertz CT molecular complexity index is 1020. The largest absolute Gasteiger partial charge is 0.507 e. The molecule has 1 heterocycles. The number of carbonyl (C=O) groups excluding carboxylic acids is 2. The summed E-state index contributed by atoms with van der Waals surface area (Å²) < 4.78 is 6.26. The highest BCUT2D eigenvalue weighted by Crippen LogP contribution is 2.53. The molecule has 6 nitrogen and oxygen atoms in total. The Kier molecular flexibility index (Phi) is 9.71. The molecule has 1 aliphatic carbocycles. The number of hydrogen-bond donors (Lipinski definition) is 3. The molecule has 6 heteroatoms. The standard InChI is InChI=1S/C30H44O6/c1-18(2)10-9-11-20(5)12-14-30(15-13-21(6)17-31)27(34)24(25(32)19(3)4)26(33)22-16-23(29(7,8)35)36-28(22)30/h10,12-13,19,23,31,33,35H,9,11,14-17H2,1-8H3/b20-12+,21-13-. The van der Waals surface area contributed by atoms with Crippen LogP contribution < -0.4 is 0 Å². The second-order valence-corrected chi connectivity index (χ2v) is 11.4. The molecule has 0 fully saturated rings. The molecule has 0 saturated carbocycles. The fourth-order valence-corrected chi connectivity index (χ4v) is 4.56. The first-order valence-electron chi connectivity index (χ1n) is 12.9. The minimum Gasteiger partial charge on any atom is -0.507 e. The molecule has 0 aromatic heterocycles. The van der Waals surface area contributed by atoms with Crippen LogP contribution in [0.5, 0.6) is 0 Å². The number of aliphatic hydroxyl groups excluding tert-OH is 2. The molecule has 200 valence electrons. The lowest BCUT2D eigenvalue weighted by Gasteiger charge is -2.37. The molecule has 1 aliphatic heterocycles. The molecule has 0 amide bonds. The van der Waals surface area contributed by atoms with Crippen molar-refractivity contribution in [1.82, 2.24) is 0 Å². The minimum absolute atomic E-state index is 0.153. The van der Waals surface area contributed by atoms with Gasteiger partial charge < -0.3 is 20.1 Å². The van der Waals surface area contributed by atoms with Crippen LogP contribution in [0.1, 0.15) is 87.5 Å². The number of aliphatic hydroxyl groups is 3. The monoisotopic (exact) mass is 500 g/mol. The van der Waals surface area contributed by atoms with Crippen molar-refractivity contribution in [3.05, 3.63) is 57.6 Å². The maximum absolute atomic E-state index is 14.2. The van der Waals surface area contributed by atoms with Crippen molar-refractivity contribution in [3.63, 3.8) is 0 Å². The van der Waals surface area contributed by atoms with Gasteiger partial charge in [-0.05, 0) is 67.2 Å². The van der Waals surface area contributed by atoms with Crippen molar-refractivity contribution in [3.8, 4) is 0 Å². The van der Waals surface area contributed by atoms with Crippen molar-refractivity contribution in [2.24, 2.45) is 11.3 Å². The van der Waals surface area contributed by atoms with Gasteiger partial charge >= 0.3 is 0 Å². The maximum atomic E-state index is 14.2. The van der Waals surface area contributed by atoms with Crippen LogP contribution in [0.4, 0.5) is 0 Å². The molecule has 0 saturated heterocycles. The van der Waals surface area contributed by atoms with Gasteiger partial charge in [0.25, 0.3) is 0 Å². The second kappa shape index (κ2) is 11.7. The lowest BCUT2D eigenvalue weighted by molar-refractivity contribution is -0.131. The van der Waals surface area contributed by atoms with Crippen molar-refractivity contribution < 1.29 is 29.6 Å². The summed E-state index contributed by atoms with van der Waals surface area (Å²) in [4.78, 5) is 27.4. The molecular weight excluding hydrogens is 456 g/mol. The number of Topliss-reactive ketones (excluding diaryl/α,β-unsaturated/α-hetero) is 2. The molecule has 3 N–H and O–H groups in total. The van der Waals surface area contributed by atoms with Gasteiger partial charge in [0.2, 0.25) is 0 Å². The summed E-state index contributed by atoms with van der Waals surface area (Å²) in [6.07, 6.45) is 7.71. The van der Waals surface area contributed by atoms with Crippen LogP contribution in [0.25, 0.3) is 0 Å². The van der Waals surface area contributed by atoms with Gasteiger partial charge in [0.1, 0.15) is 23.2 Å². The van der Waals surface area contributed by atoms with E-state index in [2.05, 4.69) is 19.9 Å². The Morgan fingerprint density at radius 3 is 2.19 bits per heavy atom. The fourth-order valence-electron chi connectivity index (χ4n) is 4.56. The number of rotatable bonds is 11. The summed E-state index contributed by atoms with van der Waals surface area (Å²) >= 11 is 0. The third-order valence-electron chi connectivity index (χ3n) is 7.04. The van der Waals surface area contributed by atoms with E-state index < -0.39 is 34.6 Å². The average molecular weight is 501 g/mol. The highest BCUT2D eigenvalue weighted by molar-refractivity contribution is 6.25. The van der Waals surface area contributed by atoms with E-state index in [4.69, 9.17) is 4.74 Å². The smallest absolute Gasteiger partial charge is 0.184 e. The quantitative estimate of drug-likeness (QED) is 0.244. The van der Waals surface area contributed by atoms with Crippen LogP contribution in [0.15, 0.2) is 57.6 Å². The molecule has 2 unspecified atom stereocenters. The molecular formula is C30H44O6. The van der Waals surface area contributed by atoms with Crippen LogP contribution in [-0.2, 0) is 14.3 Å². The number of hydrogen-bond acceptors (Lipinski definition) is 6. The average Bonchev–Trinajstić information content (AvgIpc) is 3.25. The van der Waals surface area contributed by atoms with E-state index in [0.717, 1.165) is 18.4 Å². The Labute approximate surface area is 216 Å². The number of allylic oxidation sites excluding steroid dienone is 8. The third-order valence-corrected chi connectivity index (χ3v) is 7.04. The van der Waals surface area contributed by atoms with Gasteiger partial charge in [0.15, 0.2) is 11.6 Å². The van der Waals surface area contributed by atoms with Gasteiger partial charge in [0, 0.05) is 17.9 Å². The summed E-state index contributed by atoms with van der Waals surface area (Å²) in [5, 5.41) is 31.5. The van der Waals surface area contributed by atoms with E-state index in [1.165, 1.54) is 5.57 Å². The van der Waals surface area contributed by atoms with Gasteiger partial charge in [0.05, 0.1) is 17.6 Å². The van der Waals surface area contributed by atoms with Crippen molar-refractivity contribution in [2.75, 3.05) is 6.61 Å². The van der Waals surface area contributed by atoms with Crippen LogP contribution in [-0.4, -0.2) is 45.2 Å². The van der Waals surface area contributed by atoms with Gasteiger partial charge in [-0.2, -0.15) is 0 Å². The van der Waals surface area contributed by atoms with Crippen LogP contribution >= 0.6 is 0 Å². The fraction of sp³-hybridized carbons (Fsp3) is 0.600. The van der Waals surface area contributed by atoms with E-state index in [1.807, 2.05) is 13.0 Å². The number of ether oxygens (including phenoxy) is 1. The first kappa shape index (κ1) is 29.8. The lowest BCUT2D eigenvalue weighted by Crippen LogP contribution is -2.42. The number of ketones is 2. The van der Waals surface area contributed by atoms with Crippen molar-refractivity contribution >= 4 is 11.6 Å². The molecule has 0 radical (unpaired) electrons. The normalized spacial score (nSPS) is 23.3. The third kappa shape index (κ3) is 6.46. The molecule has 0 spiro atoms. The first-order chi connectivity index (χ1) is 16.7. The summed E-state index contributed by atoms with van der Waals surface area (Å²) in [6, 6.07) is 0. The topological polar surface area (TPSA) is 104 Å². The Balaban J connectivity index is 2.69. The van der Waals surface area contributed by atoms with Gasteiger partial charge in [-0.3, -0.25) is 9.59 Å². The predicted octanol–water partition coefficient (Wildman–Crippen LogP) is 5.82. The zero-order chi connectivity index (χ0) is 27.4. The van der Waals surface area contributed by atoms with Crippen molar-refractivity contribution in [2.45, 2.75) is 99.2 Å². The zero-order valence-electron chi connectivity index (χ0n) is 23.2. The second-order valence-electron chi connectivity index (χ2n) is 11.4. The van der Waals surface area contributed by atoms with E-state index in [-0.39, 0.29) is 37.2 Å². The zero-order valence-corrected chi connectivity index (χ0v) is 23.2. The molecule has 2 rings (SSSR count). The molecule has 0 bridgehead atoms. The van der Waals surface area contributed by atoms with Crippen LogP contribution in [0.2, 0.25) is 0 Å². The molecule has 0 aromatic rings. The molecule has 2 atom stereocenters. The van der Waals surface area contributed by atoms with E-state index in [0.29, 0.717) is 16.9 Å². The van der Waals surface area contributed by atoms with Gasteiger partial charge in [-0.25, -0.2) is 0 Å². The van der Waals surface area contributed by atoms with E-state index in [9.17, 15) is 24.9 Å². The Hall–Kier alpha value is -2.44. The summed E-state index contributed by atoms with van der Waals surface area (Å²) in [7, 11) is 0. The van der Waals surface area contributed by atoms with E-state index in [1.54, 1.807) is 40.7 Å². The molecule has 2 aliphatic rings. The lowest BCUT2D eigenvalue weighted by atomic mass is 9.66. The maximum Gasteiger partial charge on any atom is 0.184 e. The SMILES string of the molecule is CC(C)=CCC/C(C)=C/CC1(C/C=C(/C)CO)C(=O)C(C(=O)C(C)C)=C(O)C2=C1OC(C(C)(C)O)C2. The minimum atomic E-state index is -1.25. The number of carbonyl (C=O) groups is 2. The van der Waals surface area contributed by atoms with Crippen molar-refractivity contribution in [1.29, 1.82) is 0 Å². The summed E-state index contributed by atoms with van der Waals surface area (Å²) in [5.41, 5.74) is 0.803. The summed E-state index contributed by atoms with van der Waals surface area (Å²) in [6.45, 7) is 14.4. The first-order valence-corrected chi connectivity index (χ1v) is 12.9. The molecule has 36 heavy (non-hydrogen) atoms. The van der Waals surface area contributed by atoms with E-state index >= 15 is 0 Å². The highest BCUT2D eigenvalue weighted by Gasteiger charge is 2.55. The highest BCUT2D eigenvalue weighted by atomic mass is 16.5. The van der Waals surface area contributed by atoms with Gasteiger partial charge in [-0.1, -0.05) is 48.8 Å². The predicted molar refractivity (Wildman–Crippen MR) is 142 cm³/mol. The Morgan fingerprint density at radius 1 is 1.11 bits per heavy atom. The Morgan fingerprint density at radius 2 is 1.69 bits per heavy atom. The van der Waals surface area contributed by atoms with Crippen LogP contribution in [0.3, 0.4) is 0 Å². The van der Waals surface area contributed by atoms with Crippen LogP contribution in [0, 0.1) is 11.3 Å².